The van der Waals surface area contributed by atoms with Crippen LogP contribution in [-0.4, -0.2) is 11.1 Å². The molecule has 1 aromatic carbocycles. The molecule has 2 amide bonds. The van der Waals surface area contributed by atoms with Gasteiger partial charge in [-0.1, -0.05) is 23.2 Å². The standard InChI is InChI=1S/C10H5Cl2NO2S/c11-6-1-5(2-7(12)4-6)3-8-9(14)13-10(15)16-8/h1-4H,(H,13,14,15). The van der Waals surface area contributed by atoms with E-state index in [9.17, 15) is 9.59 Å². The maximum Gasteiger partial charge on any atom is 0.290 e. The summed E-state index contributed by atoms with van der Waals surface area (Å²) < 4.78 is 0. The lowest BCUT2D eigenvalue weighted by Gasteiger charge is -1.98. The van der Waals surface area contributed by atoms with Crippen LogP contribution < -0.4 is 5.32 Å². The number of halogens is 2. The van der Waals surface area contributed by atoms with Crippen molar-refractivity contribution in [1.29, 1.82) is 0 Å². The summed E-state index contributed by atoms with van der Waals surface area (Å²) >= 11 is 12.5. The van der Waals surface area contributed by atoms with E-state index in [0.29, 0.717) is 20.5 Å². The Hall–Kier alpha value is -0.970. The fourth-order valence-electron chi connectivity index (χ4n) is 1.23. The first kappa shape index (κ1) is 11.5. The molecule has 1 aliphatic heterocycles. The van der Waals surface area contributed by atoms with Crippen LogP contribution >= 0.6 is 35.0 Å². The molecule has 1 N–H and O–H groups in total. The molecule has 82 valence electrons. The SMILES string of the molecule is O=C1NC(=O)C(=Cc2cc(Cl)cc(Cl)c2)S1. The van der Waals surface area contributed by atoms with Gasteiger partial charge in [-0.15, -0.1) is 0 Å². The molecule has 0 unspecified atom stereocenters. The summed E-state index contributed by atoms with van der Waals surface area (Å²) in [6.07, 6.45) is 1.57. The number of amides is 2. The van der Waals surface area contributed by atoms with E-state index in [4.69, 9.17) is 23.2 Å². The second-order valence-electron chi connectivity index (χ2n) is 3.06. The van der Waals surface area contributed by atoms with Gasteiger partial charge in [0.05, 0.1) is 4.91 Å². The highest BCUT2D eigenvalue weighted by molar-refractivity contribution is 8.18. The van der Waals surface area contributed by atoms with Crippen LogP contribution in [0.5, 0.6) is 0 Å². The molecule has 1 aromatic rings. The summed E-state index contributed by atoms with van der Waals surface area (Å²) in [4.78, 5) is 22.5. The number of thioether (sulfide) groups is 1. The molecule has 0 atom stereocenters. The predicted molar refractivity (Wildman–Crippen MR) is 65.6 cm³/mol. The van der Waals surface area contributed by atoms with Gasteiger partial charge in [0.1, 0.15) is 0 Å². The van der Waals surface area contributed by atoms with Crippen molar-refractivity contribution in [1.82, 2.24) is 5.32 Å². The zero-order valence-corrected chi connectivity index (χ0v) is 10.1. The zero-order valence-electron chi connectivity index (χ0n) is 7.79. The lowest BCUT2D eigenvalue weighted by Crippen LogP contribution is -2.17. The topological polar surface area (TPSA) is 46.2 Å². The number of rotatable bonds is 1. The number of benzene rings is 1. The quantitative estimate of drug-likeness (QED) is 0.799. The van der Waals surface area contributed by atoms with Gasteiger partial charge >= 0.3 is 0 Å². The van der Waals surface area contributed by atoms with E-state index >= 15 is 0 Å². The minimum atomic E-state index is -0.397. The van der Waals surface area contributed by atoms with Crippen molar-refractivity contribution in [2.24, 2.45) is 0 Å². The van der Waals surface area contributed by atoms with Gasteiger partial charge in [0.2, 0.25) is 0 Å². The Balaban J connectivity index is 2.36. The Morgan fingerprint density at radius 1 is 1.12 bits per heavy atom. The first-order valence-corrected chi connectivity index (χ1v) is 5.83. The van der Waals surface area contributed by atoms with Crippen LogP contribution in [0.25, 0.3) is 6.08 Å². The highest BCUT2D eigenvalue weighted by Gasteiger charge is 2.24. The Morgan fingerprint density at radius 2 is 1.75 bits per heavy atom. The summed E-state index contributed by atoms with van der Waals surface area (Å²) in [5.41, 5.74) is 0.685. The minimum absolute atomic E-state index is 0.336. The molecule has 1 heterocycles. The third-order valence-electron chi connectivity index (χ3n) is 1.82. The van der Waals surface area contributed by atoms with Gasteiger partial charge in [-0.2, -0.15) is 0 Å². The van der Waals surface area contributed by atoms with Gasteiger partial charge in [-0.3, -0.25) is 14.9 Å². The molecule has 0 aromatic heterocycles. The van der Waals surface area contributed by atoms with Crippen molar-refractivity contribution < 1.29 is 9.59 Å². The molecule has 0 aliphatic carbocycles. The lowest BCUT2D eigenvalue weighted by atomic mass is 10.2. The van der Waals surface area contributed by atoms with E-state index in [0.717, 1.165) is 11.8 Å². The van der Waals surface area contributed by atoms with Crippen LogP contribution in [-0.2, 0) is 4.79 Å². The molecule has 0 radical (unpaired) electrons. The number of hydrogen-bond donors (Lipinski definition) is 1. The first-order valence-electron chi connectivity index (χ1n) is 4.25. The third-order valence-corrected chi connectivity index (χ3v) is 3.07. The largest absolute Gasteiger partial charge is 0.290 e. The van der Waals surface area contributed by atoms with Gasteiger partial charge in [-0.05, 0) is 41.6 Å². The maximum absolute atomic E-state index is 11.3. The van der Waals surface area contributed by atoms with Crippen LogP contribution in [0.1, 0.15) is 5.56 Å². The molecule has 0 saturated carbocycles. The van der Waals surface area contributed by atoms with Crippen molar-refractivity contribution in [3.63, 3.8) is 0 Å². The van der Waals surface area contributed by atoms with Crippen molar-refractivity contribution in [2.45, 2.75) is 0 Å². The number of nitrogens with one attached hydrogen (secondary N) is 1. The molecule has 1 saturated heterocycles. The average molecular weight is 274 g/mol. The van der Waals surface area contributed by atoms with Gasteiger partial charge < -0.3 is 0 Å². The average Bonchev–Trinajstić information content (AvgIpc) is 2.43. The number of hydrogen-bond acceptors (Lipinski definition) is 3. The Bertz CT molecular complexity index is 493. The van der Waals surface area contributed by atoms with Crippen molar-refractivity contribution >= 4 is 52.2 Å². The van der Waals surface area contributed by atoms with Crippen LogP contribution in [0.15, 0.2) is 23.1 Å². The molecule has 6 heteroatoms. The minimum Gasteiger partial charge on any atom is -0.282 e. The highest BCUT2D eigenvalue weighted by atomic mass is 35.5. The molecular weight excluding hydrogens is 269 g/mol. The molecule has 2 rings (SSSR count). The van der Waals surface area contributed by atoms with E-state index in [-0.39, 0.29) is 5.24 Å². The van der Waals surface area contributed by atoms with Crippen LogP contribution in [0.2, 0.25) is 10.0 Å². The fraction of sp³-hybridized carbons (Fsp3) is 0. The second kappa shape index (κ2) is 4.49. The number of carbonyl (C=O) groups excluding carboxylic acids is 2. The second-order valence-corrected chi connectivity index (χ2v) is 4.94. The molecule has 1 aliphatic rings. The van der Waals surface area contributed by atoms with Crippen LogP contribution in [0, 0.1) is 0 Å². The van der Waals surface area contributed by atoms with Crippen molar-refractivity contribution in [2.75, 3.05) is 0 Å². The lowest BCUT2D eigenvalue weighted by molar-refractivity contribution is -0.115. The van der Waals surface area contributed by atoms with Gasteiger partial charge in [0.25, 0.3) is 11.1 Å². The summed E-state index contributed by atoms with van der Waals surface area (Å²) in [6, 6.07) is 4.92. The Kier molecular flexibility index (Phi) is 3.23. The van der Waals surface area contributed by atoms with Crippen LogP contribution in [0.4, 0.5) is 4.79 Å². The molecule has 3 nitrogen and oxygen atoms in total. The van der Waals surface area contributed by atoms with Crippen molar-refractivity contribution in [3.8, 4) is 0 Å². The Morgan fingerprint density at radius 3 is 2.25 bits per heavy atom. The molecular formula is C10H5Cl2NO2S. The van der Waals surface area contributed by atoms with E-state index in [1.807, 2.05) is 0 Å². The Labute approximate surface area is 106 Å². The predicted octanol–water partition coefficient (Wildman–Crippen LogP) is 3.32. The van der Waals surface area contributed by atoms with E-state index < -0.39 is 5.91 Å². The zero-order chi connectivity index (χ0) is 11.7. The summed E-state index contributed by atoms with van der Waals surface area (Å²) in [7, 11) is 0. The first-order chi connectivity index (χ1) is 7.54. The molecule has 16 heavy (non-hydrogen) atoms. The number of imide groups is 1. The van der Waals surface area contributed by atoms with E-state index in [2.05, 4.69) is 5.32 Å². The molecule has 1 fully saturated rings. The summed E-state index contributed by atoms with van der Waals surface area (Å²) in [5.74, 6) is -0.397. The normalized spacial score (nSPS) is 18.0. The monoisotopic (exact) mass is 273 g/mol. The number of carbonyl (C=O) groups is 2. The maximum atomic E-state index is 11.3. The molecule has 0 bridgehead atoms. The fourth-order valence-corrected chi connectivity index (χ4v) is 2.46. The third kappa shape index (κ3) is 2.58. The smallest absolute Gasteiger partial charge is 0.282 e. The summed E-state index contributed by atoms with van der Waals surface area (Å²) in [5, 5.41) is 2.76. The van der Waals surface area contributed by atoms with Gasteiger partial charge in [0, 0.05) is 10.0 Å². The van der Waals surface area contributed by atoms with E-state index in [1.54, 1.807) is 24.3 Å². The van der Waals surface area contributed by atoms with Gasteiger partial charge in [0.15, 0.2) is 0 Å². The molecule has 0 spiro atoms. The summed E-state index contributed by atoms with van der Waals surface area (Å²) in [6.45, 7) is 0. The highest BCUT2D eigenvalue weighted by Crippen LogP contribution is 2.27. The van der Waals surface area contributed by atoms with Crippen molar-refractivity contribution in [3.05, 3.63) is 38.7 Å². The van der Waals surface area contributed by atoms with E-state index in [1.165, 1.54) is 0 Å². The van der Waals surface area contributed by atoms with Crippen LogP contribution in [0.3, 0.4) is 0 Å². The van der Waals surface area contributed by atoms with Gasteiger partial charge in [-0.25, -0.2) is 0 Å².